The van der Waals surface area contributed by atoms with Gasteiger partial charge in [-0.3, -0.25) is 0 Å². The molecule has 5 heteroatoms. The van der Waals surface area contributed by atoms with Gasteiger partial charge >= 0.3 is 0 Å². The van der Waals surface area contributed by atoms with E-state index in [9.17, 15) is 0 Å². The quantitative estimate of drug-likeness (QED) is 0.565. The smallest absolute Gasteiger partial charge is 0.191 e. The van der Waals surface area contributed by atoms with Gasteiger partial charge in [0.2, 0.25) is 0 Å². The lowest BCUT2D eigenvalue weighted by atomic mass is 10.1. The second-order valence-electron chi connectivity index (χ2n) is 6.37. The Morgan fingerprint density at radius 2 is 1.62 bits per heavy atom. The predicted molar refractivity (Wildman–Crippen MR) is 108 cm³/mol. The van der Waals surface area contributed by atoms with Gasteiger partial charge in [-0.25, -0.2) is 4.99 Å². The molecule has 0 atom stereocenters. The highest BCUT2D eigenvalue weighted by molar-refractivity contribution is 5.79. The van der Waals surface area contributed by atoms with Gasteiger partial charge < -0.3 is 20.3 Å². The van der Waals surface area contributed by atoms with Crippen molar-refractivity contribution in [1.29, 1.82) is 0 Å². The Bertz CT molecular complexity index is 713. The van der Waals surface area contributed by atoms with E-state index in [0.717, 1.165) is 36.9 Å². The fraction of sp³-hybridized carbons (Fsp3) is 0.381. The maximum absolute atomic E-state index is 5.40. The molecule has 2 rings (SSSR count). The monoisotopic (exact) mass is 354 g/mol. The van der Waals surface area contributed by atoms with E-state index < -0.39 is 0 Å². The van der Waals surface area contributed by atoms with Gasteiger partial charge in [0.25, 0.3) is 0 Å². The zero-order chi connectivity index (χ0) is 18.8. The SMILES string of the molecule is CCNC(=NCc1ccccc1OC)NCc1ccccc1CN(C)C. The summed E-state index contributed by atoms with van der Waals surface area (Å²) < 4.78 is 5.40. The van der Waals surface area contributed by atoms with Crippen LogP contribution in [0.5, 0.6) is 5.75 Å². The molecule has 0 aliphatic heterocycles. The van der Waals surface area contributed by atoms with E-state index in [4.69, 9.17) is 9.73 Å². The summed E-state index contributed by atoms with van der Waals surface area (Å²) in [7, 11) is 5.86. The first-order valence-corrected chi connectivity index (χ1v) is 8.99. The van der Waals surface area contributed by atoms with Crippen molar-refractivity contribution < 1.29 is 4.74 Å². The molecule has 0 aromatic heterocycles. The Morgan fingerprint density at radius 1 is 0.962 bits per heavy atom. The first kappa shape index (κ1) is 19.8. The maximum Gasteiger partial charge on any atom is 0.191 e. The third-order valence-corrected chi connectivity index (χ3v) is 4.00. The Hall–Kier alpha value is -2.53. The highest BCUT2D eigenvalue weighted by Gasteiger charge is 2.05. The van der Waals surface area contributed by atoms with Crippen molar-refractivity contribution in [2.24, 2.45) is 4.99 Å². The molecule has 2 aromatic rings. The number of guanidine groups is 1. The van der Waals surface area contributed by atoms with E-state index in [-0.39, 0.29) is 0 Å². The van der Waals surface area contributed by atoms with Gasteiger partial charge in [0.15, 0.2) is 5.96 Å². The fourth-order valence-electron chi connectivity index (χ4n) is 2.74. The van der Waals surface area contributed by atoms with Crippen molar-refractivity contribution in [3.63, 3.8) is 0 Å². The van der Waals surface area contributed by atoms with Crippen LogP contribution in [0.1, 0.15) is 23.6 Å². The third-order valence-electron chi connectivity index (χ3n) is 4.00. The molecule has 0 heterocycles. The Labute approximate surface area is 157 Å². The van der Waals surface area contributed by atoms with Crippen LogP contribution in [-0.4, -0.2) is 38.6 Å². The average molecular weight is 354 g/mol. The van der Waals surface area contributed by atoms with Crippen LogP contribution < -0.4 is 15.4 Å². The number of para-hydroxylation sites is 1. The molecular weight excluding hydrogens is 324 g/mol. The van der Waals surface area contributed by atoms with Gasteiger partial charge in [-0.1, -0.05) is 42.5 Å². The lowest BCUT2D eigenvalue weighted by Gasteiger charge is -2.16. The molecule has 0 unspecified atom stereocenters. The van der Waals surface area contributed by atoms with E-state index in [1.807, 2.05) is 24.3 Å². The van der Waals surface area contributed by atoms with Gasteiger partial charge in [0, 0.05) is 25.2 Å². The first-order valence-electron chi connectivity index (χ1n) is 8.99. The minimum absolute atomic E-state index is 0.568. The summed E-state index contributed by atoms with van der Waals surface area (Å²) in [6.45, 7) is 5.12. The molecule has 26 heavy (non-hydrogen) atoms. The molecule has 2 N–H and O–H groups in total. The van der Waals surface area contributed by atoms with Crippen LogP contribution in [0.3, 0.4) is 0 Å². The zero-order valence-corrected chi connectivity index (χ0v) is 16.2. The fourth-order valence-corrected chi connectivity index (χ4v) is 2.74. The topological polar surface area (TPSA) is 48.9 Å². The molecule has 0 radical (unpaired) electrons. The molecule has 0 saturated carbocycles. The number of methoxy groups -OCH3 is 1. The van der Waals surface area contributed by atoms with E-state index in [2.05, 4.69) is 60.8 Å². The summed E-state index contributed by atoms with van der Waals surface area (Å²) >= 11 is 0. The van der Waals surface area contributed by atoms with Crippen molar-refractivity contribution in [2.45, 2.75) is 26.6 Å². The Morgan fingerprint density at radius 3 is 2.27 bits per heavy atom. The Balaban J connectivity index is 2.06. The van der Waals surface area contributed by atoms with E-state index in [0.29, 0.717) is 6.54 Å². The number of aliphatic imine (C=N–C) groups is 1. The van der Waals surface area contributed by atoms with E-state index in [1.165, 1.54) is 11.1 Å². The highest BCUT2D eigenvalue weighted by atomic mass is 16.5. The van der Waals surface area contributed by atoms with Crippen molar-refractivity contribution in [2.75, 3.05) is 27.7 Å². The zero-order valence-electron chi connectivity index (χ0n) is 16.2. The maximum atomic E-state index is 5.40. The minimum Gasteiger partial charge on any atom is -0.496 e. The summed E-state index contributed by atoms with van der Waals surface area (Å²) in [4.78, 5) is 6.88. The third kappa shape index (κ3) is 6.08. The molecule has 5 nitrogen and oxygen atoms in total. The molecule has 0 aliphatic rings. The van der Waals surface area contributed by atoms with Crippen LogP contribution in [-0.2, 0) is 19.6 Å². The van der Waals surface area contributed by atoms with Crippen molar-refractivity contribution in [3.8, 4) is 5.75 Å². The van der Waals surface area contributed by atoms with E-state index in [1.54, 1.807) is 7.11 Å². The largest absolute Gasteiger partial charge is 0.496 e. The first-order chi connectivity index (χ1) is 12.6. The number of rotatable bonds is 8. The molecule has 0 amide bonds. The normalized spacial score (nSPS) is 11.5. The average Bonchev–Trinajstić information content (AvgIpc) is 2.65. The Kier molecular flexibility index (Phi) is 7.96. The molecule has 0 aliphatic carbocycles. The molecule has 0 saturated heterocycles. The van der Waals surface area contributed by atoms with E-state index >= 15 is 0 Å². The van der Waals surface area contributed by atoms with Gasteiger partial charge in [-0.05, 0) is 38.2 Å². The van der Waals surface area contributed by atoms with Crippen LogP contribution in [0.15, 0.2) is 53.5 Å². The number of hydrogen-bond acceptors (Lipinski definition) is 3. The van der Waals surface area contributed by atoms with Gasteiger partial charge in [-0.15, -0.1) is 0 Å². The van der Waals surface area contributed by atoms with Crippen LogP contribution in [0.4, 0.5) is 0 Å². The number of nitrogens with one attached hydrogen (secondary N) is 2. The van der Waals surface area contributed by atoms with Crippen LogP contribution >= 0.6 is 0 Å². The van der Waals surface area contributed by atoms with Crippen molar-refractivity contribution >= 4 is 5.96 Å². The van der Waals surface area contributed by atoms with Crippen LogP contribution in [0, 0.1) is 0 Å². The highest BCUT2D eigenvalue weighted by Crippen LogP contribution is 2.18. The van der Waals surface area contributed by atoms with Crippen LogP contribution in [0.2, 0.25) is 0 Å². The lowest BCUT2D eigenvalue weighted by molar-refractivity contribution is 0.400. The summed E-state index contributed by atoms with van der Waals surface area (Å²) in [5, 5.41) is 6.75. The molecular formula is C21H30N4O. The number of nitrogens with zero attached hydrogens (tertiary/aromatic N) is 2. The second kappa shape index (κ2) is 10.5. The molecule has 0 spiro atoms. The minimum atomic E-state index is 0.568. The van der Waals surface area contributed by atoms with Crippen molar-refractivity contribution in [3.05, 3.63) is 65.2 Å². The summed E-state index contributed by atoms with van der Waals surface area (Å²) in [6, 6.07) is 16.5. The summed E-state index contributed by atoms with van der Waals surface area (Å²) in [5.74, 6) is 1.67. The van der Waals surface area contributed by atoms with Crippen molar-refractivity contribution in [1.82, 2.24) is 15.5 Å². The molecule has 0 fully saturated rings. The number of benzene rings is 2. The van der Waals surface area contributed by atoms with Gasteiger partial charge in [-0.2, -0.15) is 0 Å². The van der Waals surface area contributed by atoms with Gasteiger partial charge in [0.1, 0.15) is 5.75 Å². The lowest BCUT2D eigenvalue weighted by Crippen LogP contribution is -2.37. The predicted octanol–water partition coefficient (Wildman–Crippen LogP) is 3.01. The number of hydrogen-bond donors (Lipinski definition) is 2. The molecule has 0 bridgehead atoms. The summed E-state index contributed by atoms with van der Waals surface area (Å²) in [5.41, 5.74) is 3.68. The van der Waals surface area contributed by atoms with Crippen LogP contribution in [0.25, 0.3) is 0 Å². The van der Waals surface area contributed by atoms with Gasteiger partial charge in [0.05, 0.1) is 13.7 Å². The number of ether oxygens (including phenoxy) is 1. The second-order valence-corrected chi connectivity index (χ2v) is 6.37. The standard InChI is InChI=1S/C21H30N4O/c1-5-22-21(24-15-18-11-8-9-13-20(18)26-4)23-14-17-10-6-7-12-19(17)16-25(2)3/h6-13H,5,14-16H2,1-4H3,(H2,22,23,24). The summed E-state index contributed by atoms with van der Waals surface area (Å²) in [6.07, 6.45) is 0. The molecule has 2 aromatic carbocycles. The molecule has 140 valence electrons.